The molecule has 1 aromatic carbocycles. The lowest BCUT2D eigenvalue weighted by atomic mass is 9.87. The first-order valence-electron chi connectivity index (χ1n) is 5.86. The Labute approximate surface area is 104 Å². The van der Waals surface area contributed by atoms with Crippen molar-refractivity contribution in [2.75, 3.05) is 12.8 Å². The zero-order chi connectivity index (χ0) is 13.2. The first-order chi connectivity index (χ1) is 7.73. The molecule has 0 fully saturated rings. The topological polar surface area (TPSA) is 46.3 Å². The average Bonchev–Trinajstić information content (AvgIpc) is 2.25. The number of nitrogens with two attached hydrogens (primary N) is 1. The monoisotopic (exact) mass is 234 g/mol. The van der Waals surface area contributed by atoms with Gasteiger partial charge in [-0.1, -0.05) is 26.8 Å². The van der Waals surface area contributed by atoms with Crippen molar-refractivity contribution in [3.05, 3.63) is 29.8 Å². The first-order valence-corrected chi connectivity index (χ1v) is 5.86. The number of hydrogen-bond acceptors (Lipinski definition) is 2. The van der Waals surface area contributed by atoms with Crippen molar-refractivity contribution < 1.29 is 4.79 Å². The smallest absolute Gasteiger partial charge is 0.253 e. The van der Waals surface area contributed by atoms with Crippen LogP contribution in [0.3, 0.4) is 0 Å². The zero-order valence-corrected chi connectivity index (χ0v) is 11.3. The fourth-order valence-electron chi connectivity index (χ4n) is 1.63. The number of anilines is 1. The minimum absolute atomic E-state index is 0.0136. The number of amides is 1. The van der Waals surface area contributed by atoms with Crippen molar-refractivity contribution in [3.8, 4) is 0 Å². The van der Waals surface area contributed by atoms with E-state index in [9.17, 15) is 4.79 Å². The molecule has 17 heavy (non-hydrogen) atoms. The SMILES string of the molecule is CC(N(C)C(=O)c1cccc(N)c1)C(C)(C)C. The lowest BCUT2D eigenvalue weighted by Gasteiger charge is -2.35. The summed E-state index contributed by atoms with van der Waals surface area (Å²) in [4.78, 5) is 14.0. The Morgan fingerprint density at radius 1 is 1.35 bits per heavy atom. The zero-order valence-electron chi connectivity index (χ0n) is 11.3. The lowest BCUT2D eigenvalue weighted by Crippen LogP contribution is -2.42. The number of carbonyl (C=O) groups is 1. The molecule has 94 valence electrons. The van der Waals surface area contributed by atoms with Crippen LogP contribution in [0.25, 0.3) is 0 Å². The molecule has 1 amide bonds. The number of nitrogen functional groups attached to an aromatic ring is 1. The molecule has 2 N–H and O–H groups in total. The van der Waals surface area contributed by atoms with E-state index in [1.165, 1.54) is 0 Å². The Balaban J connectivity index is 2.91. The van der Waals surface area contributed by atoms with Gasteiger partial charge in [-0.2, -0.15) is 0 Å². The summed E-state index contributed by atoms with van der Waals surface area (Å²) in [5, 5.41) is 0. The van der Waals surface area contributed by atoms with Gasteiger partial charge in [0.1, 0.15) is 0 Å². The molecule has 0 radical (unpaired) electrons. The van der Waals surface area contributed by atoms with Crippen molar-refractivity contribution in [1.82, 2.24) is 4.90 Å². The van der Waals surface area contributed by atoms with Gasteiger partial charge in [-0.05, 0) is 30.5 Å². The summed E-state index contributed by atoms with van der Waals surface area (Å²) in [6, 6.07) is 7.26. The van der Waals surface area contributed by atoms with Crippen LogP contribution < -0.4 is 5.73 Å². The molecule has 3 heteroatoms. The molecule has 0 saturated heterocycles. The molecule has 1 atom stereocenters. The van der Waals surface area contributed by atoms with Crippen LogP contribution in [0, 0.1) is 5.41 Å². The van der Waals surface area contributed by atoms with Gasteiger partial charge >= 0.3 is 0 Å². The van der Waals surface area contributed by atoms with Gasteiger partial charge in [-0.25, -0.2) is 0 Å². The second-order valence-electron chi connectivity index (χ2n) is 5.58. The molecule has 0 saturated carbocycles. The number of nitrogens with zero attached hydrogens (tertiary/aromatic N) is 1. The van der Waals surface area contributed by atoms with Gasteiger partial charge in [0.15, 0.2) is 0 Å². The third-order valence-corrected chi connectivity index (χ3v) is 3.29. The van der Waals surface area contributed by atoms with E-state index in [0.29, 0.717) is 11.3 Å². The lowest BCUT2D eigenvalue weighted by molar-refractivity contribution is 0.0629. The van der Waals surface area contributed by atoms with Crippen LogP contribution >= 0.6 is 0 Å². The number of carbonyl (C=O) groups excluding carboxylic acids is 1. The van der Waals surface area contributed by atoms with Crippen LogP contribution in [0.5, 0.6) is 0 Å². The van der Waals surface area contributed by atoms with Gasteiger partial charge in [0.05, 0.1) is 0 Å². The van der Waals surface area contributed by atoms with Crippen LogP contribution in [0.15, 0.2) is 24.3 Å². The molecule has 3 nitrogen and oxygen atoms in total. The average molecular weight is 234 g/mol. The van der Waals surface area contributed by atoms with Crippen LogP contribution in [-0.2, 0) is 0 Å². The van der Waals surface area contributed by atoms with Gasteiger partial charge < -0.3 is 10.6 Å². The van der Waals surface area contributed by atoms with E-state index in [-0.39, 0.29) is 17.4 Å². The molecule has 1 aromatic rings. The van der Waals surface area contributed by atoms with E-state index < -0.39 is 0 Å². The van der Waals surface area contributed by atoms with Gasteiger partial charge in [0, 0.05) is 24.3 Å². The molecule has 1 unspecified atom stereocenters. The second kappa shape index (κ2) is 4.78. The van der Waals surface area contributed by atoms with Crippen LogP contribution in [-0.4, -0.2) is 23.9 Å². The van der Waals surface area contributed by atoms with Gasteiger partial charge in [-0.3, -0.25) is 4.79 Å². The highest BCUT2D eigenvalue weighted by molar-refractivity contribution is 5.95. The third-order valence-electron chi connectivity index (χ3n) is 3.29. The number of hydrogen-bond donors (Lipinski definition) is 1. The summed E-state index contributed by atoms with van der Waals surface area (Å²) in [7, 11) is 1.83. The maximum absolute atomic E-state index is 12.3. The van der Waals surface area contributed by atoms with Crippen LogP contribution in [0.4, 0.5) is 5.69 Å². The maximum Gasteiger partial charge on any atom is 0.253 e. The van der Waals surface area contributed by atoms with Crippen molar-refractivity contribution >= 4 is 11.6 Å². The molecule has 0 heterocycles. The number of benzene rings is 1. The molecular formula is C14H22N2O. The summed E-state index contributed by atoms with van der Waals surface area (Å²) < 4.78 is 0. The molecular weight excluding hydrogens is 212 g/mol. The summed E-state index contributed by atoms with van der Waals surface area (Å²) in [5.41, 5.74) is 7.01. The Morgan fingerprint density at radius 2 is 1.94 bits per heavy atom. The minimum Gasteiger partial charge on any atom is -0.399 e. The molecule has 0 aromatic heterocycles. The molecule has 0 bridgehead atoms. The fourth-order valence-corrected chi connectivity index (χ4v) is 1.63. The molecule has 1 rings (SSSR count). The van der Waals surface area contributed by atoms with E-state index in [2.05, 4.69) is 27.7 Å². The normalized spacial score (nSPS) is 13.2. The summed E-state index contributed by atoms with van der Waals surface area (Å²) in [6.07, 6.45) is 0. The van der Waals surface area contributed by atoms with E-state index in [0.717, 1.165) is 0 Å². The van der Waals surface area contributed by atoms with Crippen LogP contribution in [0.1, 0.15) is 38.1 Å². The number of rotatable bonds is 2. The van der Waals surface area contributed by atoms with Crippen molar-refractivity contribution in [1.29, 1.82) is 0 Å². The van der Waals surface area contributed by atoms with E-state index in [4.69, 9.17) is 5.73 Å². The molecule has 0 aliphatic rings. The van der Waals surface area contributed by atoms with E-state index >= 15 is 0 Å². The standard InChI is InChI=1S/C14H22N2O/c1-10(14(2,3)4)16(5)13(17)11-7-6-8-12(15)9-11/h6-10H,15H2,1-5H3. The predicted octanol–water partition coefficient (Wildman–Crippen LogP) is 2.78. The molecule has 0 aliphatic carbocycles. The maximum atomic E-state index is 12.3. The second-order valence-corrected chi connectivity index (χ2v) is 5.58. The first kappa shape index (κ1) is 13.6. The fraction of sp³-hybridized carbons (Fsp3) is 0.500. The highest BCUT2D eigenvalue weighted by atomic mass is 16.2. The van der Waals surface area contributed by atoms with E-state index in [1.54, 1.807) is 29.2 Å². The van der Waals surface area contributed by atoms with Gasteiger partial charge in [0.25, 0.3) is 5.91 Å². The summed E-state index contributed by atoms with van der Waals surface area (Å²) >= 11 is 0. The highest BCUT2D eigenvalue weighted by Gasteiger charge is 2.27. The van der Waals surface area contributed by atoms with Gasteiger partial charge in [-0.15, -0.1) is 0 Å². The minimum atomic E-state index is 0.0136. The summed E-state index contributed by atoms with van der Waals surface area (Å²) in [6.45, 7) is 8.44. The van der Waals surface area contributed by atoms with Crippen molar-refractivity contribution in [2.45, 2.75) is 33.7 Å². The van der Waals surface area contributed by atoms with E-state index in [1.807, 2.05) is 7.05 Å². The molecule has 0 spiro atoms. The van der Waals surface area contributed by atoms with Gasteiger partial charge in [0.2, 0.25) is 0 Å². The Morgan fingerprint density at radius 3 is 2.41 bits per heavy atom. The Hall–Kier alpha value is -1.51. The highest BCUT2D eigenvalue weighted by Crippen LogP contribution is 2.24. The quantitative estimate of drug-likeness (QED) is 0.800. The third kappa shape index (κ3) is 3.22. The Kier molecular flexibility index (Phi) is 3.81. The van der Waals surface area contributed by atoms with Crippen molar-refractivity contribution in [3.63, 3.8) is 0 Å². The summed E-state index contributed by atoms with van der Waals surface area (Å²) in [5.74, 6) is 0.0136. The van der Waals surface area contributed by atoms with Crippen molar-refractivity contribution in [2.24, 2.45) is 5.41 Å². The predicted molar refractivity (Wildman–Crippen MR) is 71.9 cm³/mol. The largest absolute Gasteiger partial charge is 0.399 e. The van der Waals surface area contributed by atoms with Crippen LogP contribution in [0.2, 0.25) is 0 Å². The Bertz CT molecular complexity index is 407. The molecule has 0 aliphatic heterocycles.